The zero-order valence-corrected chi connectivity index (χ0v) is 21.0. The Kier molecular flexibility index (Phi) is 5.66. The summed E-state index contributed by atoms with van der Waals surface area (Å²) < 4.78 is 6.09. The minimum atomic E-state index is -1.52. The van der Waals surface area contributed by atoms with Gasteiger partial charge < -0.3 is 19.4 Å². The van der Waals surface area contributed by atoms with Crippen molar-refractivity contribution in [3.05, 3.63) is 133 Å². The zero-order chi connectivity index (χ0) is 26.3. The Labute approximate surface area is 226 Å². The van der Waals surface area contributed by atoms with E-state index in [1.165, 1.54) is 5.56 Å². The maximum absolute atomic E-state index is 9.74. The number of nitrogens with zero attached hydrogens (tertiary/aromatic N) is 1. The fourth-order valence-electron chi connectivity index (χ4n) is 5.29. The lowest BCUT2D eigenvalue weighted by molar-refractivity contribution is 0.426. The molecule has 0 spiro atoms. The predicted octanol–water partition coefficient (Wildman–Crippen LogP) is 7.56. The second-order valence-electron chi connectivity index (χ2n) is 9.69. The number of hydrogen-bond donors (Lipinski definition) is 2. The van der Waals surface area contributed by atoms with Crippen LogP contribution in [0.4, 0.5) is 17.1 Å². The lowest BCUT2D eigenvalue weighted by atomic mass is 9.79. The minimum Gasteiger partial charge on any atom is -0.456 e. The third-order valence-corrected chi connectivity index (χ3v) is 7.26. The Morgan fingerprint density at radius 2 is 1.13 bits per heavy atom. The normalized spacial score (nSPS) is 11.3. The number of rotatable bonds is 5. The maximum Gasteiger partial charge on any atom is 0.488 e. The van der Waals surface area contributed by atoms with E-state index < -0.39 is 7.12 Å². The molecule has 6 aromatic carbocycles. The number of furan rings is 1. The maximum atomic E-state index is 9.74. The Balaban J connectivity index is 1.41. The van der Waals surface area contributed by atoms with Gasteiger partial charge in [0.2, 0.25) is 0 Å². The van der Waals surface area contributed by atoms with Crippen molar-refractivity contribution in [2.75, 3.05) is 4.90 Å². The first kappa shape index (κ1) is 23.3. The number of hydrogen-bond acceptors (Lipinski definition) is 4. The molecule has 2 N–H and O–H groups in total. The summed E-state index contributed by atoms with van der Waals surface area (Å²) in [5, 5.41) is 23.6. The summed E-state index contributed by atoms with van der Waals surface area (Å²) in [5.74, 6) is 0. The lowest BCUT2D eigenvalue weighted by Crippen LogP contribution is -2.29. The Hall–Kier alpha value is -4.84. The van der Waals surface area contributed by atoms with Gasteiger partial charge in [-0.05, 0) is 75.9 Å². The highest BCUT2D eigenvalue weighted by molar-refractivity contribution is 6.58. The largest absolute Gasteiger partial charge is 0.488 e. The third-order valence-electron chi connectivity index (χ3n) is 7.26. The first-order valence-electron chi connectivity index (χ1n) is 12.9. The highest BCUT2D eigenvalue weighted by Crippen LogP contribution is 2.40. The van der Waals surface area contributed by atoms with Crippen LogP contribution in [0.2, 0.25) is 0 Å². The summed E-state index contributed by atoms with van der Waals surface area (Å²) >= 11 is 0. The molecule has 5 heteroatoms. The third kappa shape index (κ3) is 4.24. The van der Waals surface area contributed by atoms with E-state index in [1.807, 2.05) is 54.6 Å². The molecule has 0 aliphatic heterocycles. The minimum absolute atomic E-state index is 0.463. The van der Waals surface area contributed by atoms with Crippen LogP contribution in [0.3, 0.4) is 0 Å². The van der Waals surface area contributed by atoms with Crippen LogP contribution in [0, 0.1) is 0 Å². The molecule has 0 amide bonds. The van der Waals surface area contributed by atoms with Crippen molar-refractivity contribution in [2.45, 2.75) is 0 Å². The van der Waals surface area contributed by atoms with Gasteiger partial charge in [0.15, 0.2) is 0 Å². The first-order valence-corrected chi connectivity index (χ1v) is 12.9. The fourth-order valence-corrected chi connectivity index (χ4v) is 5.29. The summed E-state index contributed by atoms with van der Waals surface area (Å²) in [6.07, 6.45) is 0. The molecule has 0 unspecified atom stereocenters. The van der Waals surface area contributed by atoms with Gasteiger partial charge in [-0.15, -0.1) is 0 Å². The summed E-state index contributed by atoms with van der Waals surface area (Å²) in [7, 11) is -1.52. The first-order chi connectivity index (χ1) is 19.1. The van der Waals surface area contributed by atoms with E-state index in [-0.39, 0.29) is 0 Å². The average Bonchev–Trinajstić information content (AvgIpc) is 3.36. The molecule has 186 valence electrons. The molecule has 0 fully saturated rings. The molecule has 0 saturated heterocycles. The molecule has 7 rings (SSSR count). The van der Waals surface area contributed by atoms with E-state index >= 15 is 0 Å². The highest BCUT2D eigenvalue weighted by atomic mass is 16.4. The number of fused-ring (bicyclic) bond motifs is 4. The molecule has 0 bridgehead atoms. The second-order valence-corrected chi connectivity index (χ2v) is 9.69. The van der Waals surface area contributed by atoms with Crippen molar-refractivity contribution >= 4 is 62.4 Å². The average molecular weight is 505 g/mol. The van der Waals surface area contributed by atoms with E-state index in [1.54, 1.807) is 6.07 Å². The SMILES string of the molecule is OB(O)c1ccc2ccc(N(c3ccc(-c4ccccc4)cc3)c3ccc4oc5ccccc5c4c3)cc2c1. The Bertz CT molecular complexity index is 1950. The molecule has 0 aliphatic carbocycles. The summed E-state index contributed by atoms with van der Waals surface area (Å²) in [5.41, 5.74) is 7.47. The van der Waals surface area contributed by atoms with E-state index in [4.69, 9.17) is 4.42 Å². The Morgan fingerprint density at radius 1 is 0.487 bits per heavy atom. The zero-order valence-electron chi connectivity index (χ0n) is 21.0. The van der Waals surface area contributed by atoms with Crippen LogP contribution in [0.15, 0.2) is 138 Å². The predicted molar refractivity (Wildman–Crippen MR) is 161 cm³/mol. The summed E-state index contributed by atoms with van der Waals surface area (Å²) in [6.45, 7) is 0. The summed E-state index contributed by atoms with van der Waals surface area (Å²) in [6, 6.07) is 45.0. The van der Waals surface area contributed by atoms with Crippen molar-refractivity contribution in [1.82, 2.24) is 0 Å². The van der Waals surface area contributed by atoms with E-state index in [2.05, 4.69) is 77.7 Å². The molecule has 39 heavy (non-hydrogen) atoms. The van der Waals surface area contributed by atoms with Gasteiger partial charge in [0.1, 0.15) is 11.2 Å². The van der Waals surface area contributed by atoms with Crippen LogP contribution < -0.4 is 10.4 Å². The smallest absolute Gasteiger partial charge is 0.456 e. The number of benzene rings is 6. The molecule has 0 saturated carbocycles. The molecular formula is C34H24BNO3. The van der Waals surface area contributed by atoms with Gasteiger partial charge >= 0.3 is 7.12 Å². The fraction of sp³-hybridized carbons (Fsp3) is 0. The number of anilines is 3. The van der Waals surface area contributed by atoms with E-state index in [0.717, 1.165) is 55.3 Å². The molecule has 0 aliphatic rings. The van der Waals surface area contributed by atoms with Crippen molar-refractivity contribution in [3.63, 3.8) is 0 Å². The van der Waals surface area contributed by atoms with Crippen LogP contribution in [0.1, 0.15) is 0 Å². The quantitative estimate of drug-likeness (QED) is 0.237. The van der Waals surface area contributed by atoms with Crippen LogP contribution in [0.25, 0.3) is 43.8 Å². The topological polar surface area (TPSA) is 56.8 Å². The monoisotopic (exact) mass is 505 g/mol. The lowest BCUT2D eigenvalue weighted by Gasteiger charge is -2.26. The standard InChI is InChI=1S/C34H24BNO3/c37-35(38)27-14-10-25-13-17-29(21-26(25)20-27)36(28-15-11-24(12-16-28)23-6-2-1-3-7-23)30-18-19-34-32(22-30)31-8-4-5-9-33(31)39-34/h1-22,37-38H. The van der Waals surface area contributed by atoms with Gasteiger partial charge in [-0.2, -0.15) is 0 Å². The van der Waals surface area contributed by atoms with Gasteiger partial charge in [0.25, 0.3) is 0 Å². The van der Waals surface area contributed by atoms with Crippen LogP contribution >= 0.6 is 0 Å². The van der Waals surface area contributed by atoms with Crippen LogP contribution in [-0.4, -0.2) is 17.2 Å². The van der Waals surface area contributed by atoms with Crippen LogP contribution in [-0.2, 0) is 0 Å². The van der Waals surface area contributed by atoms with Gasteiger partial charge in [0.05, 0.1) is 0 Å². The summed E-state index contributed by atoms with van der Waals surface area (Å²) in [4.78, 5) is 2.22. The van der Waals surface area contributed by atoms with Gasteiger partial charge in [-0.3, -0.25) is 0 Å². The molecule has 7 aromatic rings. The van der Waals surface area contributed by atoms with Gasteiger partial charge in [-0.1, -0.05) is 84.9 Å². The van der Waals surface area contributed by atoms with E-state index in [9.17, 15) is 10.0 Å². The van der Waals surface area contributed by atoms with Gasteiger partial charge in [0, 0.05) is 27.8 Å². The highest BCUT2D eigenvalue weighted by Gasteiger charge is 2.17. The molecule has 0 atom stereocenters. The van der Waals surface area contributed by atoms with Crippen molar-refractivity contribution in [2.24, 2.45) is 0 Å². The van der Waals surface area contributed by atoms with E-state index in [0.29, 0.717) is 5.46 Å². The van der Waals surface area contributed by atoms with Crippen molar-refractivity contribution in [1.29, 1.82) is 0 Å². The Morgan fingerprint density at radius 3 is 1.95 bits per heavy atom. The second kappa shape index (κ2) is 9.48. The molecule has 1 aromatic heterocycles. The van der Waals surface area contributed by atoms with Gasteiger partial charge in [-0.25, -0.2) is 0 Å². The van der Waals surface area contributed by atoms with Crippen molar-refractivity contribution in [3.8, 4) is 11.1 Å². The van der Waals surface area contributed by atoms with Crippen LogP contribution in [0.5, 0.6) is 0 Å². The molecule has 1 heterocycles. The van der Waals surface area contributed by atoms with Crippen molar-refractivity contribution < 1.29 is 14.5 Å². The molecule has 0 radical (unpaired) electrons. The molecular weight excluding hydrogens is 481 g/mol. The molecule has 4 nitrogen and oxygen atoms in total. The number of para-hydroxylation sites is 1.